The summed E-state index contributed by atoms with van der Waals surface area (Å²) >= 11 is 0. The van der Waals surface area contributed by atoms with E-state index in [1.807, 2.05) is 0 Å². The monoisotopic (exact) mass is 284 g/mol. The molecule has 118 valence electrons. The van der Waals surface area contributed by atoms with Gasteiger partial charge in [-0.15, -0.1) is 0 Å². The number of aliphatic hydroxyl groups is 1. The average molecular weight is 284 g/mol. The first kappa shape index (κ1) is 16.3. The average Bonchev–Trinajstić information content (AvgIpc) is 2.72. The van der Waals surface area contributed by atoms with Gasteiger partial charge in [0, 0.05) is 19.4 Å². The molecule has 0 amide bonds. The molecule has 0 aromatic rings. The first-order chi connectivity index (χ1) is 9.37. The number of aliphatic hydroxyl groups excluding tert-OH is 1. The van der Waals surface area contributed by atoms with Crippen LogP contribution in [0.25, 0.3) is 0 Å². The van der Waals surface area contributed by atoms with Crippen molar-refractivity contribution in [3.8, 4) is 0 Å². The van der Waals surface area contributed by atoms with Gasteiger partial charge < -0.3 is 14.6 Å². The molecular weight excluding hydrogens is 252 g/mol. The molecule has 1 heterocycles. The summed E-state index contributed by atoms with van der Waals surface area (Å²) in [5.74, 6) is 1.21. The molecule has 3 nitrogen and oxygen atoms in total. The Balaban J connectivity index is 1.86. The van der Waals surface area contributed by atoms with Crippen molar-refractivity contribution in [3.05, 3.63) is 0 Å². The van der Waals surface area contributed by atoms with Crippen molar-refractivity contribution in [3.63, 3.8) is 0 Å². The Kier molecular flexibility index (Phi) is 5.14. The van der Waals surface area contributed by atoms with Crippen LogP contribution in [0.15, 0.2) is 0 Å². The van der Waals surface area contributed by atoms with Crippen molar-refractivity contribution < 1.29 is 14.6 Å². The molecule has 0 radical (unpaired) electrons. The van der Waals surface area contributed by atoms with Gasteiger partial charge in [-0.2, -0.15) is 0 Å². The molecule has 1 atom stereocenters. The molecule has 1 spiro atoms. The van der Waals surface area contributed by atoms with Crippen LogP contribution in [0, 0.1) is 17.3 Å². The molecule has 2 aliphatic rings. The lowest BCUT2D eigenvalue weighted by Crippen LogP contribution is -2.40. The van der Waals surface area contributed by atoms with Crippen LogP contribution in [-0.4, -0.2) is 30.2 Å². The summed E-state index contributed by atoms with van der Waals surface area (Å²) in [6.07, 6.45) is 6.52. The standard InChI is InChI=1S/C17H32O3/c1-13(2)11-16(3,4)14-5-8-17(9-6-14)19-12-15(20-17)7-10-18/h13-15,18H,5-12H2,1-4H3. The molecule has 1 aliphatic carbocycles. The fourth-order valence-electron chi connectivity index (χ4n) is 4.22. The second kappa shape index (κ2) is 6.33. The molecule has 1 aliphatic heterocycles. The summed E-state index contributed by atoms with van der Waals surface area (Å²) in [6.45, 7) is 10.3. The van der Waals surface area contributed by atoms with Crippen LogP contribution < -0.4 is 0 Å². The van der Waals surface area contributed by atoms with E-state index in [9.17, 15) is 0 Å². The summed E-state index contributed by atoms with van der Waals surface area (Å²) < 4.78 is 12.0. The zero-order valence-electron chi connectivity index (χ0n) is 13.7. The summed E-state index contributed by atoms with van der Waals surface area (Å²) in [7, 11) is 0. The molecule has 0 aromatic heterocycles. The number of hydrogen-bond donors (Lipinski definition) is 1. The minimum atomic E-state index is -0.329. The molecule has 0 aromatic carbocycles. The minimum absolute atomic E-state index is 0.0974. The van der Waals surface area contributed by atoms with E-state index in [4.69, 9.17) is 14.6 Å². The predicted octanol–water partition coefficient (Wildman–Crippen LogP) is 3.74. The molecule has 2 fully saturated rings. The molecule has 1 saturated carbocycles. The molecule has 2 rings (SSSR count). The number of ether oxygens (including phenoxy) is 2. The lowest BCUT2D eigenvalue weighted by molar-refractivity contribution is -0.198. The van der Waals surface area contributed by atoms with E-state index in [1.54, 1.807) is 0 Å². The van der Waals surface area contributed by atoms with Gasteiger partial charge in [0.15, 0.2) is 5.79 Å². The van der Waals surface area contributed by atoms with E-state index in [1.165, 1.54) is 19.3 Å². The second-order valence-corrected chi connectivity index (χ2v) is 7.83. The molecule has 0 bridgehead atoms. The Morgan fingerprint density at radius 2 is 1.90 bits per heavy atom. The minimum Gasteiger partial charge on any atom is -0.396 e. The van der Waals surface area contributed by atoms with Crippen molar-refractivity contribution in [2.45, 2.75) is 78.1 Å². The Morgan fingerprint density at radius 3 is 2.45 bits per heavy atom. The van der Waals surface area contributed by atoms with E-state index in [2.05, 4.69) is 27.7 Å². The molecule has 20 heavy (non-hydrogen) atoms. The van der Waals surface area contributed by atoms with Crippen LogP contribution in [0.1, 0.15) is 66.2 Å². The Bertz CT molecular complexity index is 303. The predicted molar refractivity (Wildman–Crippen MR) is 80.5 cm³/mol. The van der Waals surface area contributed by atoms with Gasteiger partial charge in [-0.05, 0) is 42.9 Å². The van der Waals surface area contributed by atoms with Gasteiger partial charge in [-0.25, -0.2) is 0 Å². The lowest BCUT2D eigenvalue weighted by Gasteiger charge is -2.43. The smallest absolute Gasteiger partial charge is 0.168 e. The van der Waals surface area contributed by atoms with Gasteiger partial charge in [-0.3, -0.25) is 0 Å². The van der Waals surface area contributed by atoms with Crippen molar-refractivity contribution >= 4 is 0 Å². The molecule has 1 unspecified atom stereocenters. The van der Waals surface area contributed by atoms with Crippen molar-refractivity contribution in [1.82, 2.24) is 0 Å². The third-order valence-electron chi connectivity index (χ3n) is 5.15. The van der Waals surface area contributed by atoms with Gasteiger partial charge >= 0.3 is 0 Å². The Morgan fingerprint density at radius 1 is 1.25 bits per heavy atom. The first-order valence-electron chi connectivity index (χ1n) is 8.29. The van der Waals surface area contributed by atoms with E-state index in [0.717, 1.165) is 24.7 Å². The third kappa shape index (κ3) is 3.75. The normalized spacial score (nSPS) is 35.1. The first-order valence-corrected chi connectivity index (χ1v) is 8.29. The van der Waals surface area contributed by atoms with E-state index in [-0.39, 0.29) is 18.5 Å². The zero-order valence-corrected chi connectivity index (χ0v) is 13.7. The van der Waals surface area contributed by atoms with Crippen LogP contribution in [-0.2, 0) is 9.47 Å². The van der Waals surface area contributed by atoms with E-state index >= 15 is 0 Å². The van der Waals surface area contributed by atoms with Crippen LogP contribution in [0.4, 0.5) is 0 Å². The summed E-state index contributed by atoms with van der Waals surface area (Å²) in [4.78, 5) is 0. The van der Waals surface area contributed by atoms with Gasteiger partial charge in [-0.1, -0.05) is 27.7 Å². The largest absolute Gasteiger partial charge is 0.396 e. The highest BCUT2D eigenvalue weighted by Crippen LogP contribution is 2.48. The van der Waals surface area contributed by atoms with E-state index < -0.39 is 0 Å². The van der Waals surface area contributed by atoms with Crippen LogP contribution in [0.5, 0.6) is 0 Å². The second-order valence-electron chi connectivity index (χ2n) is 7.83. The molecule has 1 saturated heterocycles. The highest BCUT2D eigenvalue weighted by molar-refractivity contribution is 4.90. The fraction of sp³-hybridized carbons (Fsp3) is 1.00. The van der Waals surface area contributed by atoms with Crippen molar-refractivity contribution in [2.24, 2.45) is 17.3 Å². The number of hydrogen-bond acceptors (Lipinski definition) is 3. The topological polar surface area (TPSA) is 38.7 Å². The van der Waals surface area contributed by atoms with Crippen LogP contribution >= 0.6 is 0 Å². The summed E-state index contributed by atoms with van der Waals surface area (Å²) in [6, 6.07) is 0. The van der Waals surface area contributed by atoms with Gasteiger partial charge in [0.25, 0.3) is 0 Å². The van der Waals surface area contributed by atoms with Gasteiger partial charge in [0.05, 0.1) is 12.7 Å². The summed E-state index contributed by atoms with van der Waals surface area (Å²) in [5.41, 5.74) is 0.416. The van der Waals surface area contributed by atoms with Gasteiger partial charge in [0.1, 0.15) is 0 Å². The summed E-state index contributed by atoms with van der Waals surface area (Å²) in [5, 5.41) is 9.01. The fourth-order valence-corrected chi connectivity index (χ4v) is 4.22. The zero-order chi connectivity index (χ0) is 14.8. The molecule has 1 N–H and O–H groups in total. The molecular formula is C17H32O3. The maximum absolute atomic E-state index is 9.01. The van der Waals surface area contributed by atoms with Crippen molar-refractivity contribution in [1.29, 1.82) is 0 Å². The Labute approximate surface area is 124 Å². The Hall–Kier alpha value is -0.120. The lowest BCUT2D eigenvalue weighted by atomic mass is 9.66. The van der Waals surface area contributed by atoms with Crippen LogP contribution in [0.2, 0.25) is 0 Å². The SMILES string of the molecule is CC(C)CC(C)(C)C1CCC2(CC1)OCC(CCO)O2. The number of rotatable bonds is 5. The van der Waals surface area contributed by atoms with Crippen LogP contribution in [0.3, 0.4) is 0 Å². The maximum Gasteiger partial charge on any atom is 0.168 e. The quantitative estimate of drug-likeness (QED) is 0.835. The molecule has 3 heteroatoms. The maximum atomic E-state index is 9.01. The van der Waals surface area contributed by atoms with Gasteiger partial charge in [0.2, 0.25) is 0 Å². The highest BCUT2D eigenvalue weighted by atomic mass is 16.7. The van der Waals surface area contributed by atoms with Crippen molar-refractivity contribution in [2.75, 3.05) is 13.2 Å². The highest BCUT2D eigenvalue weighted by Gasteiger charge is 2.46. The third-order valence-corrected chi connectivity index (χ3v) is 5.15. The van der Waals surface area contributed by atoms with E-state index in [0.29, 0.717) is 18.4 Å².